The minimum absolute atomic E-state index is 0.0823. The van der Waals surface area contributed by atoms with E-state index in [2.05, 4.69) is 25.2 Å². The molecule has 3 saturated carbocycles. The number of fused-ring (bicyclic) bond motifs is 5. The predicted octanol–water partition coefficient (Wildman–Crippen LogP) is 5.38. The van der Waals surface area contributed by atoms with Crippen LogP contribution >= 0.6 is 11.6 Å². The molecule has 0 bridgehead atoms. The molecule has 1 N–H and O–H groups in total. The van der Waals surface area contributed by atoms with Gasteiger partial charge in [0.05, 0.1) is 6.10 Å². The number of halogens is 1. The maximum Gasteiger partial charge on any atom is 0.243 e. The molecule has 1 amide bonds. The second-order valence-corrected chi connectivity index (χ2v) is 10.5. The summed E-state index contributed by atoms with van der Waals surface area (Å²) in [6.45, 7) is 4.87. The highest BCUT2D eigenvalue weighted by Crippen LogP contribution is 2.63. The van der Waals surface area contributed by atoms with Crippen molar-refractivity contribution in [2.75, 3.05) is 0 Å². The van der Waals surface area contributed by atoms with Gasteiger partial charge in [-0.1, -0.05) is 31.5 Å². The van der Waals surface area contributed by atoms with Crippen molar-refractivity contribution in [3.8, 4) is 5.75 Å². The van der Waals surface area contributed by atoms with E-state index in [1.807, 2.05) is 24.3 Å². The van der Waals surface area contributed by atoms with E-state index in [1.54, 1.807) is 6.08 Å². The van der Waals surface area contributed by atoms with E-state index in [-0.39, 0.29) is 11.3 Å². The molecule has 4 aliphatic rings. The Balaban J connectivity index is 1.36. The number of ether oxygens (including phenoxy) is 1. The zero-order valence-electron chi connectivity index (χ0n) is 16.8. The van der Waals surface area contributed by atoms with Gasteiger partial charge in [0.15, 0.2) is 0 Å². The highest BCUT2D eigenvalue weighted by Gasteiger charge is 2.59. The molecule has 3 nitrogen and oxygen atoms in total. The average molecular weight is 400 g/mol. The summed E-state index contributed by atoms with van der Waals surface area (Å²) in [6.07, 6.45) is 11.5. The summed E-state index contributed by atoms with van der Waals surface area (Å²) in [5.41, 5.74) is 0.483. The van der Waals surface area contributed by atoms with Crippen LogP contribution in [0, 0.1) is 28.6 Å². The average Bonchev–Trinajstić information content (AvgIpc) is 3.00. The van der Waals surface area contributed by atoms with Gasteiger partial charge in [0.1, 0.15) is 5.75 Å². The Morgan fingerprint density at radius 1 is 1.11 bits per heavy atom. The Labute approximate surface area is 172 Å². The Morgan fingerprint density at radius 2 is 1.89 bits per heavy atom. The van der Waals surface area contributed by atoms with E-state index >= 15 is 0 Å². The first-order valence-corrected chi connectivity index (χ1v) is 11.2. The molecule has 7 atom stereocenters. The second kappa shape index (κ2) is 6.52. The molecule has 1 aliphatic heterocycles. The maximum absolute atomic E-state index is 11.9. The Hall–Kier alpha value is -1.48. The van der Waals surface area contributed by atoms with Crippen molar-refractivity contribution in [3.63, 3.8) is 0 Å². The molecular formula is C24H30ClNO2. The number of rotatable bonds is 2. The molecule has 3 fully saturated rings. The van der Waals surface area contributed by atoms with Gasteiger partial charge in [0.2, 0.25) is 5.91 Å². The number of amides is 1. The third kappa shape index (κ3) is 2.89. The van der Waals surface area contributed by atoms with Crippen molar-refractivity contribution < 1.29 is 9.53 Å². The van der Waals surface area contributed by atoms with Gasteiger partial charge in [-0.2, -0.15) is 0 Å². The first kappa shape index (κ1) is 18.5. The van der Waals surface area contributed by atoms with Gasteiger partial charge < -0.3 is 10.1 Å². The number of hydrogen-bond donors (Lipinski definition) is 1. The summed E-state index contributed by atoms with van der Waals surface area (Å²) in [5.74, 6) is 3.13. The molecule has 0 spiro atoms. The van der Waals surface area contributed by atoms with Gasteiger partial charge in [-0.15, -0.1) is 0 Å². The van der Waals surface area contributed by atoms with Crippen LogP contribution in [0.25, 0.3) is 0 Å². The summed E-state index contributed by atoms with van der Waals surface area (Å²) < 4.78 is 6.38. The smallest absolute Gasteiger partial charge is 0.243 e. The summed E-state index contributed by atoms with van der Waals surface area (Å²) in [4.78, 5) is 11.9. The molecule has 28 heavy (non-hydrogen) atoms. The lowest BCUT2D eigenvalue weighted by Gasteiger charge is -2.58. The van der Waals surface area contributed by atoms with Crippen molar-refractivity contribution >= 4 is 17.5 Å². The molecule has 5 rings (SSSR count). The van der Waals surface area contributed by atoms with Crippen LogP contribution in [0.4, 0.5) is 0 Å². The van der Waals surface area contributed by atoms with Gasteiger partial charge in [0, 0.05) is 16.5 Å². The largest absolute Gasteiger partial charge is 0.490 e. The van der Waals surface area contributed by atoms with Crippen molar-refractivity contribution in [1.82, 2.24) is 5.32 Å². The van der Waals surface area contributed by atoms with E-state index in [9.17, 15) is 4.79 Å². The van der Waals surface area contributed by atoms with Crippen molar-refractivity contribution in [1.29, 1.82) is 0 Å². The zero-order valence-corrected chi connectivity index (χ0v) is 17.5. The number of carbonyl (C=O) groups excluding carboxylic acids is 1. The van der Waals surface area contributed by atoms with E-state index in [4.69, 9.17) is 16.3 Å². The first-order chi connectivity index (χ1) is 13.4. The molecule has 3 aliphatic carbocycles. The molecule has 0 aromatic heterocycles. The molecule has 150 valence electrons. The minimum Gasteiger partial charge on any atom is -0.490 e. The van der Waals surface area contributed by atoms with Crippen molar-refractivity contribution in [3.05, 3.63) is 41.4 Å². The Kier molecular flexibility index (Phi) is 4.32. The van der Waals surface area contributed by atoms with Crippen molar-refractivity contribution in [2.24, 2.45) is 28.6 Å². The number of carbonyl (C=O) groups is 1. The van der Waals surface area contributed by atoms with Gasteiger partial charge >= 0.3 is 0 Å². The minimum atomic E-state index is 0.0823. The maximum atomic E-state index is 11.9. The van der Waals surface area contributed by atoms with Crippen LogP contribution in [0.3, 0.4) is 0 Å². The third-order valence-electron chi connectivity index (χ3n) is 8.53. The summed E-state index contributed by atoms with van der Waals surface area (Å²) in [6, 6.07) is 8.08. The van der Waals surface area contributed by atoms with Crippen LogP contribution < -0.4 is 10.1 Å². The highest BCUT2D eigenvalue weighted by molar-refractivity contribution is 6.30. The normalized spacial score (nSPS) is 44.2. The molecule has 1 heterocycles. The van der Waals surface area contributed by atoms with Crippen LogP contribution in [-0.2, 0) is 4.79 Å². The lowest BCUT2D eigenvalue weighted by molar-refractivity contribution is -0.122. The molecule has 4 heteroatoms. The summed E-state index contributed by atoms with van der Waals surface area (Å²) in [7, 11) is 0. The number of nitrogens with one attached hydrogen (secondary N) is 1. The third-order valence-corrected chi connectivity index (χ3v) is 8.78. The number of benzene rings is 1. The number of hydrogen-bond acceptors (Lipinski definition) is 2. The fourth-order valence-corrected chi connectivity index (χ4v) is 7.25. The lowest BCUT2D eigenvalue weighted by Crippen LogP contribution is -2.58. The summed E-state index contributed by atoms with van der Waals surface area (Å²) in [5, 5.41) is 4.00. The van der Waals surface area contributed by atoms with Crippen LogP contribution in [0.2, 0.25) is 5.02 Å². The fourth-order valence-electron chi connectivity index (χ4n) is 7.12. The molecule has 0 saturated heterocycles. The molecule has 1 aromatic rings. The monoisotopic (exact) mass is 399 g/mol. The summed E-state index contributed by atoms with van der Waals surface area (Å²) >= 11 is 6.02. The standard InChI is InChI=1S/C24H30ClNO2/c1-23-11-9-19-18(7-8-21-24(19,2)12-10-22(27)26-21)20(23)13-17(14-23)28-16-5-3-15(25)4-6-16/h3-6,10,12,17-21H,7-9,11,13-14H2,1-2H3,(H,26,27)/t17?,18-,19-,20+,21?,23-,24-/m1/s1. The molecular weight excluding hydrogens is 370 g/mol. The van der Waals surface area contributed by atoms with Gasteiger partial charge in [0.25, 0.3) is 0 Å². The quantitative estimate of drug-likeness (QED) is 0.724. The predicted molar refractivity (Wildman–Crippen MR) is 111 cm³/mol. The van der Waals surface area contributed by atoms with E-state index in [0.717, 1.165) is 36.0 Å². The Morgan fingerprint density at radius 3 is 2.68 bits per heavy atom. The van der Waals surface area contributed by atoms with Crippen LogP contribution in [0.5, 0.6) is 5.75 Å². The van der Waals surface area contributed by atoms with Crippen LogP contribution in [0.1, 0.15) is 52.4 Å². The van der Waals surface area contributed by atoms with Gasteiger partial charge in [-0.25, -0.2) is 0 Å². The van der Waals surface area contributed by atoms with Crippen LogP contribution in [0.15, 0.2) is 36.4 Å². The van der Waals surface area contributed by atoms with E-state index in [1.165, 1.54) is 19.3 Å². The molecule has 0 radical (unpaired) electrons. The van der Waals surface area contributed by atoms with Gasteiger partial charge in [-0.05, 0) is 92.0 Å². The SMILES string of the molecule is C[C@]12CC[C@@H]3[C@@H](CCC4NC(=O)C=C[C@@]43C)[C@@H]1CC(Oc1ccc(Cl)cc1)C2. The van der Waals surface area contributed by atoms with E-state index in [0.29, 0.717) is 29.4 Å². The first-order valence-electron chi connectivity index (χ1n) is 10.8. The molecule has 1 aromatic carbocycles. The zero-order chi connectivity index (χ0) is 19.5. The highest BCUT2D eigenvalue weighted by atomic mass is 35.5. The van der Waals surface area contributed by atoms with Gasteiger partial charge in [-0.3, -0.25) is 4.79 Å². The lowest BCUT2D eigenvalue weighted by atomic mass is 9.49. The Bertz CT molecular complexity index is 805. The second-order valence-electron chi connectivity index (χ2n) is 10.0. The van der Waals surface area contributed by atoms with Crippen LogP contribution in [-0.4, -0.2) is 18.1 Å². The molecule has 2 unspecified atom stereocenters. The topological polar surface area (TPSA) is 38.3 Å². The van der Waals surface area contributed by atoms with E-state index < -0.39 is 0 Å². The fraction of sp³-hybridized carbons (Fsp3) is 0.625. The van der Waals surface area contributed by atoms with Crippen molar-refractivity contribution in [2.45, 2.75) is 64.5 Å².